The molecule has 0 aromatic heterocycles. The van der Waals surface area contributed by atoms with Crippen molar-refractivity contribution in [1.82, 2.24) is 0 Å². The van der Waals surface area contributed by atoms with Crippen LogP contribution in [0.2, 0.25) is 0 Å². The SMILES string of the molecule is CC(O)C(C)OC(=O)C1C=Cc2ccccc2O1. The molecule has 1 aromatic rings. The molecule has 1 N–H and O–H groups in total. The lowest BCUT2D eigenvalue weighted by Gasteiger charge is -2.22. The summed E-state index contributed by atoms with van der Waals surface area (Å²) in [5.74, 6) is 0.167. The number of hydrogen-bond donors (Lipinski definition) is 1. The standard InChI is InChI=1S/C14H16O4/c1-9(15)10(2)17-14(16)13-8-7-11-5-3-4-6-12(11)18-13/h3-10,13,15H,1-2H3. The van der Waals surface area contributed by atoms with Gasteiger partial charge < -0.3 is 14.6 Å². The molecule has 0 spiro atoms. The number of carbonyl (C=O) groups is 1. The Kier molecular flexibility index (Phi) is 3.67. The van der Waals surface area contributed by atoms with E-state index < -0.39 is 24.3 Å². The molecule has 4 heteroatoms. The monoisotopic (exact) mass is 248 g/mol. The van der Waals surface area contributed by atoms with E-state index in [9.17, 15) is 9.90 Å². The number of carbonyl (C=O) groups excluding carboxylic acids is 1. The fourth-order valence-corrected chi connectivity index (χ4v) is 1.57. The first-order chi connectivity index (χ1) is 8.58. The molecule has 0 radical (unpaired) electrons. The van der Waals surface area contributed by atoms with Gasteiger partial charge in [-0.1, -0.05) is 24.3 Å². The van der Waals surface area contributed by atoms with Gasteiger partial charge in [-0.05, 0) is 26.0 Å². The molecule has 2 rings (SSSR count). The minimum atomic E-state index is -0.749. The fourth-order valence-electron chi connectivity index (χ4n) is 1.57. The van der Waals surface area contributed by atoms with Crippen LogP contribution in [0, 0.1) is 0 Å². The summed E-state index contributed by atoms with van der Waals surface area (Å²) >= 11 is 0. The van der Waals surface area contributed by atoms with Gasteiger partial charge in [0.25, 0.3) is 0 Å². The molecule has 0 saturated heterocycles. The number of benzene rings is 1. The van der Waals surface area contributed by atoms with Crippen LogP contribution in [0.5, 0.6) is 5.75 Å². The van der Waals surface area contributed by atoms with E-state index in [1.807, 2.05) is 24.3 Å². The van der Waals surface area contributed by atoms with E-state index in [0.29, 0.717) is 5.75 Å². The number of esters is 1. The first kappa shape index (κ1) is 12.6. The first-order valence-electron chi connectivity index (χ1n) is 5.90. The van der Waals surface area contributed by atoms with Gasteiger partial charge in [-0.25, -0.2) is 4.79 Å². The molecule has 0 amide bonds. The lowest BCUT2D eigenvalue weighted by molar-refractivity contribution is -0.159. The second kappa shape index (κ2) is 5.23. The van der Waals surface area contributed by atoms with Gasteiger partial charge in [0.1, 0.15) is 11.9 Å². The maximum Gasteiger partial charge on any atom is 0.351 e. The number of aliphatic hydroxyl groups is 1. The summed E-state index contributed by atoms with van der Waals surface area (Å²) in [4.78, 5) is 11.8. The van der Waals surface area contributed by atoms with E-state index in [0.717, 1.165) is 5.56 Å². The maximum absolute atomic E-state index is 11.8. The molecular formula is C14H16O4. The molecule has 1 aromatic carbocycles. The third-order valence-electron chi connectivity index (χ3n) is 2.84. The average Bonchev–Trinajstić information content (AvgIpc) is 2.37. The van der Waals surface area contributed by atoms with Crippen LogP contribution in [0.3, 0.4) is 0 Å². The Bertz CT molecular complexity index is 465. The minimum Gasteiger partial charge on any atom is -0.474 e. The molecule has 3 atom stereocenters. The molecule has 0 bridgehead atoms. The Balaban J connectivity index is 2.03. The highest BCUT2D eigenvalue weighted by atomic mass is 16.6. The number of rotatable bonds is 3. The molecule has 3 unspecified atom stereocenters. The van der Waals surface area contributed by atoms with Gasteiger partial charge in [0, 0.05) is 5.56 Å². The van der Waals surface area contributed by atoms with Crippen molar-refractivity contribution in [3.05, 3.63) is 35.9 Å². The second-order valence-corrected chi connectivity index (χ2v) is 4.32. The van der Waals surface area contributed by atoms with Gasteiger partial charge >= 0.3 is 5.97 Å². The summed E-state index contributed by atoms with van der Waals surface area (Å²) in [6.45, 7) is 3.22. The van der Waals surface area contributed by atoms with Crippen LogP contribution in [-0.4, -0.2) is 29.4 Å². The molecule has 1 aliphatic heterocycles. The van der Waals surface area contributed by atoms with Crippen LogP contribution >= 0.6 is 0 Å². The third-order valence-corrected chi connectivity index (χ3v) is 2.84. The topological polar surface area (TPSA) is 55.8 Å². The smallest absolute Gasteiger partial charge is 0.351 e. The zero-order chi connectivity index (χ0) is 13.1. The van der Waals surface area contributed by atoms with E-state index in [4.69, 9.17) is 9.47 Å². The van der Waals surface area contributed by atoms with Crippen molar-refractivity contribution in [3.63, 3.8) is 0 Å². The zero-order valence-electron chi connectivity index (χ0n) is 10.4. The van der Waals surface area contributed by atoms with Crippen molar-refractivity contribution in [2.24, 2.45) is 0 Å². The second-order valence-electron chi connectivity index (χ2n) is 4.32. The summed E-state index contributed by atoms with van der Waals surface area (Å²) in [5, 5.41) is 9.29. The molecular weight excluding hydrogens is 232 g/mol. The molecule has 0 fully saturated rings. The summed E-state index contributed by atoms with van der Waals surface area (Å²) in [6.07, 6.45) is 1.48. The molecule has 0 saturated carbocycles. The Morgan fingerprint density at radius 2 is 2.11 bits per heavy atom. The quantitative estimate of drug-likeness (QED) is 0.828. The summed E-state index contributed by atoms with van der Waals surface area (Å²) in [5.41, 5.74) is 0.935. The largest absolute Gasteiger partial charge is 0.474 e. The van der Waals surface area contributed by atoms with Gasteiger partial charge in [0.05, 0.1) is 6.10 Å². The predicted molar refractivity (Wildman–Crippen MR) is 67.1 cm³/mol. The first-order valence-corrected chi connectivity index (χ1v) is 5.90. The third kappa shape index (κ3) is 2.71. The highest BCUT2D eigenvalue weighted by molar-refractivity contribution is 5.80. The molecule has 4 nitrogen and oxygen atoms in total. The van der Waals surface area contributed by atoms with Crippen LogP contribution in [0.4, 0.5) is 0 Å². The molecule has 18 heavy (non-hydrogen) atoms. The normalized spacial score (nSPS) is 20.5. The summed E-state index contributed by atoms with van der Waals surface area (Å²) in [7, 11) is 0. The van der Waals surface area contributed by atoms with Crippen LogP contribution < -0.4 is 4.74 Å². The lowest BCUT2D eigenvalue weighted by atomic mass is 10.1. The van der Waals surface area contributed by atoms with Crippen LogP contribution in [0.15, 0.2) is 30.3 Å². The van der Waals surface area contributed by atoms with Gasteiger partial charge in [-0.3, -0.25) is 0 Å². The van der Waals surface area contributed by atoms with Gasteiger partial charge in [-0.2, -0.15) is 0 Å². The van der Waals surface area contributed by atoms with Gasteiger partial charge in [-0.15, -0.1) is 0 Å². The highest BCUT2D eigenvalue weighted by Gasteiger charge is 2.25. The number of hydrogen-bond acceptors (Lipinski definition) is 4. The number of fused-ring (bicyclic) bond motifs is 1. The number of para-hydroxylation sites is 1. The predicted octanol–water partition coefficient (Wildman–Crippen LogP) is 1.77. The summed E-state index contributed by atoms with van der Waals surface area (Å²) < 4.78 is 10.6. The minimum absolute atomic E-state index is 0.492. The van der Waals surface area contributed by atoms with Crippen LogP contribution in [0.1, 0.15) is 19.4 Å². The molecule has 1 aliphatic rings. The van der Waals surface area contributed by atoms with Crippen LogP contribution in [0.25, 0.3) is 6.08 Å². The van der Waals surface area contributed by atoms with Gasteiger partial charge in [0.2, 0.25) is 6.10 Å². The number of aliphatic hydroxyl groups excluding tert-OH is 1. The van der Waals surface area contributed by atoms with Crippen LogP contribution in [-0.2, 0) is 9.53 Å². The van der Waals surface area contributed by atoms with E-state index in [2.05, 4.69) is 0 Å². The molecule has 1 heterocycles. The average molecular weight is 248 g/mol. The Morgan fingerprint density at radius 1 is 1.39 bits per heavy atom. The zero-order valence-corrected chi connectivity index (χ0v) is 10.4. The van der Waals surface area contributed by atoms with Crippen molar-refractivity contribution in [2.75, 3.05) is 0 Å². The number of ether oxygens (including phenoxy) is 2. The maximum atomic E-state index is 11.8. The van der Waals surface area contributed by atoms with E-state index in [1.54, 1.807) is 26.0 Å². The summed E-state index contributed by atoms with van der Waals surface area (Å²) in [6, 6.07) is 7.46. The van der Waals surface area contributed by atoms with E-state index in [1.165, 1.54) is 0 Å². The van der Waals surface area contributed by atoms with Crippen molar-refractivity contribution >= 4 is 12.0 Å². The Labute approximate surface area is 106 Å². The molecule has 96 valence electrons. The fraction of sp³-hybridized carbons (Fsp3) is 0.357. The lowest BCUT2D eigenvalue weighted by Crippen LogP contribution is -2.34. The Morgan fingerprint density at radius 3 is 2.83 bits per heavy atom. The highest BCUT2D eigenvalue weighted by Crippen LogP contribution is 2.25. The van der Waals surface area contributed by atoms with Crippen molar-refractivity contribution in [3.8, 4) is 5.75 Å². The Hall–Kier alpha value is -1.81. The van der Waals surface area contributed by atoms with E-state index >= 15 is 0 Å². The van der Waals surface area contributed by atoms with Crippen molar-refractivity contribution < 1.29 is 19.4 Å². The van der Waals surface area contributed by atoms with Crippen molar-refractivity contribution in [1.29, 1.82) is 0 Å². The molecule has 0 aliphatic carbocycles. The van der Waals surface area contributed by atoms with Gasteiger partial charge in [0.15, 0.2) is 0 Å². The van der Waals surface area contributed by atoms with Crippen molar-refractivity contribution in [2.45, 2.75) is 32.2 Å². The van der Waals surface area contributed by atoms with E-state index in [-0.39, 0.29) is 0 Å².